The van der Waals surface area contributed by atoms with Gasteiger partial charge in [0.25, 0.3) is 0 Å². The van der Waals surface area contributed by atoms with Crippen LogP contribution in [0.4, 0.5) is 0 Å². The molecule has 3 heterocycles. The zero-order valence-electron chi connectivity index (χ0n) is 18.6. The third-order valence-electron chi connectivity index (χ3n) is 6.40. The van der Waals surface area contributed by atoms with E-state index in [2.05, 4.69) is 24.0 Å². The lowest BCUT2D eigenvalue weighted by atomic mass is 9.86. The van der Waals surface area contributed by atoms with Crippen LogP contribution < -0.4 is 18.9 Å². The molecule has 0 fully saturated rings. The number of alkyl halides is 3. The molecular weight excluding hydrogens is 485 g/mol. The number of unbranched alkanes of at least 4 members (excludes halogenated alkanes) is 2. The minimum atomic E-state index is -1.59. The number of hydrogen-bond donors (Lipinski definition) is 0. The SMILES string of the molecule is CCCCCOc1c(OC)ccc2c1[C@@H](C(Cl)(Cl)Cl)N1CCc3cc4c(cc3C1=C2)OCO4. The molecule has 0 amide bonds. The van der Waals surface area contributed by atoms with Crippen LogP contribution in [0.3, 0.4) is 0 Å². The Balaban J connectivity index is 1.65. The van der Waals surface area contributed by atoms with Crippen molar-refractivity contribution >= 4 is 46.6 Å². The largest absolute Gasteiger partial charge is 0.493 e. The number of halogens is 3. The maximum atomic E-state index is 6.65. The summed E-state index contributed by atoms with van der Waals surface area (Å²) in [5, 5.41) is 0. The minimum absolute atomic E-state index is 0.235. The highest BCUT2D eigenvalue weighted by Gasteiger charge is 2.46. The first-order valence-electron chi connectivity index (χ1n) is 11.2. The number of methoxy groups -OCH3 is 1. The second kappa shape index (κ2) is 9.01. The Morgan fingerprint density at radius 3 is 2.64 bits per heavy atom. The molecule has 1 atom stereocenters. The Hall–Kier alpha value is -1.95. The predicted octanol–water partition coefficient (Wildman–Crippen LogP) is 6.77. The van der Waals surface area contributed by atoms with Gasteiger partial charge in [0.05, 0.1) is 13.7 Å². The molecule has 0 bridgehead atoms. The standard InChI is InChI=1S/C25H26Cl3NO4/c1-3-4-5-10-31-23-19(30-2)7-6-16-11-18-17-13-21-20(32-14-33-21)12-15(17)8-9-29(18)24(22(16)23)25(26,27)28/h6-7,11-13,24H,3-5,8-10,14H2,1-2H3/t24-/m0/s1. The van der Waals surface area contributed by atoms with E-state index in [0.717, 1.165) is 59.6 Å². The first-order valence-corrected chi connectivity index (χ1v) is 12.4. The van der Waals surface area contributed by atoms with E-state index in [-0.39, 0.29) is 6.79 Å². The zero-order valence-corrected chi connectivity index (χ0v) is 20.9. The maximum absolute atomic E-state index is 6.65. The third-order valence-corrected chi connectivity index (χ3v) is 7.02. The Labute approximate surface area is 209 Å². The summed E-state index contributed by atoms with van der Waals surface area (Å²) in [6.07, 6.45) is 6.09. The predicted molar refractivity (Wildman–Crippen MR) is 132 cm³/mol. The second-order valence-electron chi connectivity index (χ2n) is 8.44. The van der Waals surface area contributed by atoms with Crippen molar-refractivity contribution in [3.8, 4) is 23.0 Å². The van der Waals surface area contributed by atoms with E-state index < -0.39 is 9.83 Å². The van der Waals surface area contributed by atoms with E-state index in [1.807, 2.05) is 18.2 Å². The van der Waals surface area contributed by atoms with Crippen molar-refractivity contribution in [1.29, 1.82) is 0 Å². The summed E-state index contributed by atoms with van der Waals surface area (Å²) in [6.45, 7) is 3.68. The molecule has 3 aliphatic rings. The lowest BCUT2D eigenvalue weighted by Gasteiger charge is -2.46. The van der Waals surface area contributed by atoms with Gasteiger partial charge in [-0.25, -0.2) is 0 Å². The van der Waals surface area contributed by atoms with Crippen LogP contribution in [0.25, 0.3) is 11.8 Å². The van der Waals surface area contributed by atoms with Crippen LogP contribution in [0.5, 0.6) is 23.0 Å². The van der Waals surface area contributed by atoms with Crippen molar-refractivity contribution in [2.45, 2.75) is 42.4 Å². The highest BCUT2D eigenvalue weighted by Crippen LogP contribution is 2.56. The summed E-state index contributed by atoms with van der Waals surface area (Å²) in [4.78, 5) is 2.16. The first kappa shape index (κ1) is 22.8. The Kier molecular flexibility index (Phi) is 6.23. The normalized spacial score (nSPS) is 18.3. The fourth-order valence-electron chi connectivity index (χ4n) is 4.86. The highest BCUT2D eigenvalue weighted by molar-refractivity contribution is 6.68. The molecule has 3 aliphatic heterocycles. The molecule has 0 saturated heterocycles. The van der Waals surface area contributed by atoms with Gasteiger partial charge < -0.3 is 23.8 Å². The summed E-state index contributed by atoms with van der Waals surface area (Å²) in [5.74, 6) is 2.81. The summed E-state index contributed by atoms with van der Waals surface area (Å²) in [7, 11) is 1.63. The van der Waals surface area contributed by atoms with Gasteiger partial charge in [-0.3, -0.25) is 0 Å². The fraction of sp³-hybridized carbons (Fsp3) is 0.440. The molecule has 33 heavy (non-hydrogen) atoms. The van der Waals surface area contributed by atoms with Gasteiger partial charge in [0, 0.05) is 23.4 Å². The molecule has 5 nitrogen and oxygen atoms in total. The summed E-state index contributed by atoms with van der Waals surface area (Å²) in [5.41, 5.74) is 5.06. The molecule has 2 aromatic carbocycles. The van der Waals surface area contributed by atoms with E-state index in [0.29, 0.717) is 24.7 Å². The van der Waals surface area contributed by atoms with Crippen LogP contribution in [0, 0.1) is 0 Å². The van der Waals surface area contributed by atoms with Crippen molar-refractivity contribution in [3.63, 3.8) is 0 Å². The topological polar surface area (TPSA) is 40.2 Å². The quantitative estimate of drug-likeness (QED) is 0.317. The zero-order chi connectivity index (χ0) is 23.2. The van der Waals surface area contributed by atoms with Crippen molar-refractivity contribution < 1.29 is 18.9 Å². The lowest BCUT2D eigenvalue weighted by Crippen LogP contribution is -2.41. The summed E-state index contributed by atoms with van der Waals surface area (Å²) >= 11 is 20.0. The average Bonchev–Trinajstić information content (AvgIpc) is 3.25. The van der Waals surface area contributed by atoms with Gasteiger partial charge in [0.1, 0.15) is 6.04 Å². The Morgan fingerprint density at radius 2 is 1.91 bits per heavy atom. The molecule has 0 spiro atoms. The van der Waals surface area contributed by atoms with E-state index in [4.69, 9.17) is 53.8 Å². The third kappa shape index (κ3) is 4.09. The van der Waals surface area contributed by atoms with Gasteiger partial charge in [-0.15, -0.1) is 0 Å². The van der Waals surface area contributed by atoms with Crippen LogP contribution in [0.15, 0.2) is 24.3 Å². The molecule has 0 aromatic heterocycles. The van der Waals surface area contributed by atoms with Gasteiger partial charge in [-0.2, -0.15) is 0 Å². The van der Waals surface area contributed by atoms with Crippen molar-refractivity contribution in [1.82, 2.24) is 4.90 Å². The van der Waals surface area contributed by atoms with Crippen LogP contribution in [0.2, 0.25) is 0 Å². The summed E-state index contributed by atoms with van der Waals surface area (Å²) < 4.78 is 21.5. The van der Waals surface area contributed by atoms with Gasteiger partial charge in [0.2, 0.25) is 10.6 Å². The molecule has 176 valence electrons. The number of fused-ring (bicyclic) bond motifs is 5. The van der Waals surface area contributed by atoms with E-state index >= 15 is 0 Å². The van der Waals surface area contributed by atoms with Gasteiger partial charge >= 0.3 is 0 Å². The Bertz CT molecular complexity index is 1100. The summed E-state index contributed by atoms with van der Waals surface area (Å²) in [6, 6.07) is 7.47. The average molecular weight is 511 g/mol. The number of nitrogens with zero attached hydrogens (tertiary/aromatic N) is 1. The Morgan fingerprint density at radius 1 is 1.12 bits per heavy atom. The monoisotopic (exact) mass is 509 g/mol. The van der Waals surface area contributed by atoms with Crippen molar-refractivity contribution in [2.75, 3.05) is 27.1 Å². The van der Waals surface area contributed by atoms with Crippen LogP contribution in [-0.4, -0.2) is 35.7 Å². The van der Waals surface area contributed by atoms with Crippen molar-refractivity contribution in [3.05, 3.63) is 46.5 Å². The maximum Gasteiger partial charge on any atom is 0.231 e. The minimum Gasteiger partial charge on any atom is -0.493 e. The van der Waals surface area contributed by atoms with E-state index in [9.17, 15) is 0 Å². The van der Waals surface area contributed by atoms with Crippen molar-refractivity contribution in [2.24, 2.45) is 0 Å². The number of ether oxygens (including phenoxy) is 4. The van der Waals surface area contributed by atoms with Crippen LogP contribution in [0.1, 0.15) is 54.5 Å². The van der Waals surface area contributed by atoms with Gasteiger partial charge in [-0.05, 0) is 48.2 Å². The van der Waals surface area contributed by atoms with E-state index in [1.165, 1.54) is 5.56 Å². The van der Waals surface area contributed by atoms with Gasteiger partial charge in [-0.1, -0.05) is 60.6 Å². The molecule has 0 saturated carbocycles. The highest BCUT2D eigenvalue weighted by atomic mass is 35.6. The molecule has 2 aromatic rings. The second-order valence-corrected chi connectivity index (χ2v) is 10.8. The molecule has 0 N–H and O–H groups in total. The molecule has 0 radical (unpaired) electrons. The molecular formula is C25H26Cl3NO4. The van der Waals surface area contributed by atoms with Crippen LogP contribution >= 0.6 is 34.8 Å². The van der Waals surface area contributed by atoms with E-state index in [1.54, 1.807) is 7.11 Å². The molecule has 5 rings (SSSR count). The number of benzene rings is 2. The number of rotatable bonds is 6. The molecule has 0 aliphatic carbocycles. The van der Waals surface area contributed by atoms with Gasteiger partial charge in [0.15, 0.2) is 23.0 Å². The lowest BCUT2D eigenvalue weighted by molar-refractivity contribution is 0.174. The number of hydrogen-bond acceptors (Lipinski definition) is 5. The first-order chi connectivity index (χ1) is 15.9. The fourth-order valence-corrected chi connectivity index (χ4v) is 5.54. The molecule has 0 unspecified atom stereocenters. The van der Waals surface area contributed by atoms with Crippen LogP contribution in [-0.2, 0) is 6.42 Å². The smallest absolute Gasteiger partial charge is 0.231 e. The molecule has 8 heteroatoms.